The zero-order valence-electron chi connectivity index (χ0n) is 20.5. The Morgan fingerprint density at radius 1 is 0.925 bits per heavy atom. The molecule has 6 nitrogen and oxygen atoms in total. The lowest BCUT2D eigenvalue weighted by Gasteiger charge is -2.33. The van der Waals surface area contributed by atoms with Crippen molar-refractivity contribution in [1.29, 1.82) is 0 Å². The minimum absolute atomic E-state index is 0.00798. The van der Waals surface area contributed by atoms with Crippen molar-refractivity contribution in [2.75, 3.05) is 19.6 Å². The van der Waals surface area contributed by atoms with Crippen LogP contribution in [0.2, 0.25) is 0 Å². The van der Waals surface area contributed by atoms with Gasteiger partial charge in [0.05, 0.1) is 10.8 Å². The van der Waals surface area contributed by atoms with Gasteiger partial charge in [-0.25, -0.2) is 17.2 Å². The van der Waals surface area contributed by atoms with Crippen LogP contribution in [0.1, 0.15) is 30.4 Å². The van der Waals surface area contributed by atoms with Crippen molar-refractivity contribution in [2.24, 2.45) is 5.92 Å². The highest BCUT2D eigenvalue weighted by molar-refractivity contribution is 7.92. The Labute approximate surface area is 223 Å². The number of nitrogens with one attached hydrogen (secondary N) is 1. The average Bonchev–Trinajstić information content (AvgIpc) is 3.35. The van der Waals surface area contributed by atoms with Crippen LogP contribution in [0, 0.1) is 11.7 Å². The predicted molar refractivity (Wildman–Crippen MR) is 124 cm³/mol. The maximum atomic E-state index is 14.6. The first kappa shape index (κ1) is 29.7. The van der Waals surface area contributed by atoms with Crippen LogP contribution in [0.5, 0.6) is 0 Å². The van der Waals surface area contributed by atoms with E-state index in [0.717, 1.165) is 24.3 Å². The van der Waals surface area contributed by atoms with Crippen LogP contribution in [-0.2, 0) is 29.8 Å². The topological polar surface area (TPSA) is 83.6 Å². The fraction of sp³-hybridized carbons (Fsp3) is 0.440. The largest absolute Gasteiger partial charge is 0.435 e. The molecule has 1 unspecified atom stereocenters. The first-order valence-electron chi connectivity index (χ1n) is 11.9. The third-order valence-corrected chi connectivity index (χ3v) is 9.88. The summed E-state index contributed by atoms with van der Waals surface area (Å²) in [6.45, 7) is -0.674. The highest BCUT2D eigenvalue weighted by atomic mass is 32.2. The lowest BCUT2D eigenvalue weighted by molar-refractivity contribution is -0.348. The molecule has 2 heterocycles. The van der Waals surface area contributed by atoms with Gasteiger partial charge in [-0.15, -0.1) is 0 Å². The molecule has 0 aliphatic carbocycles. The van der Waals surface area contributed by atoms with Gasteiger partial charge in [0.1, 0.15) is 10.6 Å². The minimum Gasteiger partial charge on any atom is -0.355 e. The van der Waals surface area contributed by atoms with Gasteiger partial charge in [-0.1, -0.05) is 24.3 Å². The molecule has 0 saturated carbocycles. The van der Waals surface area contributed by atoms with E-state index >= 15 is 0 Å². The Morgan fingerprint density at radius 2 is 1.50 bits per heavy atom. The van der Waals surface area contributed by atoms with Gasteiger partial charge in [0.15, 0.2) is 9.84 Å². The first-order valence-corrected chi connectivity index (χ1v) is 13.4. The summed E-state index contributed by atoms with van der Waals surface area (Å²) in [5.41, 5.74) is -7.79. The third-order valence-electron chi connectivity index (χ3n) is 7.39. The van der Waals surface area contributed by atoms with Crippen LogP contribution in [-0.4, -0.2) is 57.1 Å². The molecule has 2 aromatic carbocycles. The standard InChI is InChI=1S/C25H22F8N2O4S/c26-18-6-8-19(9-7-18)40(38,39)22(11-12-35(14-22)21(37)15-1-10-20(36)34-13-15)16-2-4-17(5-3-16)23(27,24(28,29)30)25(31,32)33/h2-9,15H,1,10-14H2,(H,34,36)/t15?,22-/m0/s1. The molecule has 0 spiro atoms. The summed E-state index contributed by atoms with van der Waals surface area (Å²) in [4.78, 5) is 25.4. The summed E-state index contributed by atoms with van der Waals surface area (Å²) >= 11 is 0. The van der Waals surface area contributed by atoms with Crippen LogP contribution in [0.25, 0.3) is 0 Å². The van der Waals surface area contributed by atoms with Crippen LogP contribution in [0.15, 0.2) is 53.4 Å². The number of nitrogens with zero attached hydrogens (tertiary/aromatic N) is 1. The fourth-order valence-electron chi connectivity index (χ4n) is 5.11. The molecule has 15 heteroatoms. The molecule has 2 atom stereocenters. The molecule has 2 aliphatic rings. The number of benzene rings is 2. The van der Waals surface area contributed by atoms with Crippen molar-refractivity contribution < 1.29 is 53.1 Å². The van der Waals surface area contributed by atoms with E-state index in [-0.39, 0.29) is 56.0 Å². The molecule has 2 aromatic rings. The van der Waals surface area contributed by atoms with E-state index in [1.54, 1.807) is 0 Å². The Kier molecular flexibility index (Phi) is 7.43. The number of amides is 2. The van der Waals surface area contributed by atoms with Crippen molar-refractivity contribution in [3.05, 3.63) is 65.5 Å². The third kappa shape index (κ3) is 4.81. The van der Waals surface area contributed by atoms with E-state index in [1.807, 2.05) is 0 Å². The number of hydrogen-bond acceptors (Lipinski definition) is 4. The molecular weight excluding hydrogens is 576 g/mol. The predicted octanol–water partition coefficient (Wildman–Crippen LogP) is 4.54. The number of carbonyl (C=O) groups excluding carboxylic acids is 2. The lowest BCUT2D eigenvalue weighted by atomic mass is 9.90. The number of rotatable bonds is 5. The van der Waals surface area contributed by atoms with Gasteiger partial charge in [-0.3, -0.25) is 9.59 Å². The van der Waals surface area contributed by atoms with Crippen LogP contribution in [0.3, 0.4) is 0 Å². The quantitative estimate of drug-likeness (QED) is 0.405. The molecular formula is C25H22F8N2O4S. The van der Waals surface area contributed by atoms with Gasteiger partial charge in [0.25, 0.3) is 0 Å². The van der Waals surface area contributed by atoms with Crippen LogP contribution < -0.4 is 5.32 Å². The van der Waals surface area contributed by atoms with Crippen molar-refractivity contribution in [3.8, 4) is 0 Å². The van der Waals surface area contributed by atoms with Crippen molar-refractivity contribution in [3.63, 3.8) is 0 Å². The van der Waals surface area contributed by atoms with Gasteiger partial charge in [0, 0.05) is 31.6 Å². The van der Waals surface area contributed by atoms with E-state index in [4.69, 9.17) is 0 Å². The average molecular weight is 599 g/mol. The number of alkyl halides is 7. The van der Waals surface area contributed by atoms with Gasteiger partial charge in [-0.05, 0) is 42.7 Å². The maximum absolute atomic E-state index is 14.6. The fourth-order valence-corrected chi connectivity index (χ4v) is 7.19. The zero-order valence-corrected chi connectivity index (χ0v) is 21.3. The highest BCUT2D eigenvalue weighted by Gasteiger charge is 2.73. The van der Waals surface area contributed by atoms with Gasteiger partial charge in [0.2, 0.25) is 11.8 Å². The molecule has 2 saturated heterocycles. The molecule has 0 radical (unpaired) electrons. The Hall–Kier alpha value is -3.23. The number of carbonyl (C=O) groups is 2. The Morgan fingerprint density at radius 3 is 2.00 bits per heavy atom. The normalized spacial score (nSPS) is 22.8. The summed E-state index contributed by atoms with van der Waals surface area (Å²) in [7, 11) is -4.55. The van der Waals surface area contributed by atoms with Crippen molar-refractivity contribution in [1.82, 2.24) is 10.2 Å². The van der Waals surface area contributed by atoms with E-state index in [9.17, 15) is 53.1 Å². The SMILES string of the molecule is O=C1CCC(C(=O)N2CC[C@](c3ccc(C(F)(C(F)(F)F)C(F)(F)F)cc3)(S(=O)(=O)c3ccc(F)cc3)C2)CN1. The van der Waals surface area contributed by atoms with Gasteiger partial charge >= 0.3 is 18.0 Å². The van der Waals surface area contributed by atoms with E-state index in [1.165, 1.54) is 4.90 Å². The smallest absolute Gasteiger partial charge is 0.355 e. The Balaban J connectivity index is 1.78. The second-order valence-electron chi connectivity index (χ2n) is 9.73. The minimum atomic E-state index is -6.36. The summed E-state index contributed by atoms with van der Waals surface area (Å²) in [6.07, 6.45) is -12.8. The van der Waals surface area contributed by atoms with Gasteiger partial charge in [-0.2, -0.15) is 26.3 Å². The summed E-state index contributed by atoms with van der Waals surface area (Å²) in [5.74, 6) is -2.20. The molecule has 2 amide bonds. The lowest BCUT2D eigenvalue weighted by Crippen LogP contribution is -2.50. The molecule has 0 aromatic heterocycles. The first-order chi connectivity index (χ1) is 18.4. The van der Waals surface area contributed by atoms with Crippen molar-refractivity contribution >= 4 is 21.7 Å². The van der Waals surface area contributed by atoms with Gasteiger partial charge < -0.3 is 10.2 Å². The molecule has 40 heavy (non-hydrogen) atoms. The summed E-state index contributed by atoms with van der Waals surface area (Å²) < 4.78 is 133. The maximum Gasteiger partial charge on any atom is 0.435 e. The number of halogens is 8. The molecule has 2 fully saturated rings. The van der Waals surface area contributed by atoms with Crippen LogP contribution >= 0.6 is 0 Å². The molecule has 218 valence electrons. The number of sulfone groups is 1. The molecule has 4 rings (SSSR count). The van der Waals surface area contributed by atoms with Crippen LogP contribution in [0.4, 0.5) is 35.1 Å². The second kappa shape index (κ2) is 10.00. The summed E-state index contributed by atoms with van der Waals surface area (Å²) in [5, 5.41) is 2.54. The number of likely N-dealkylation sites (tertiary alicyclic amines) is 1. The highest BCUT2D eigenvalue weighted by Crippen LogP contribution is 2.54. The monoisotopic (exact) mass is 598 g/mol. The van der Waals surface area contributed by atoms with E-state index < -0.39 is 67.3 Å². The Bertz CT molecular complexity index is 1370. The molecule has 1 N–H and O–H groups in total. The van der Waals surface area contributed by atoms with E-state index in [0.29, 0.717) is 12.1 Å². The number of piperidine rings is 1. The molecule has 0 bridgehead atoms. The molecule has 2 aliphatic heterocycles. The second-order valence-corrected chi connectivity index (χ2v) is 12.0. The van der Waals surface area contributed by atoms with E-state index in [2.05, 4.69) is 5.32 Å². The van der Waals surface area contributed by atoms with Crippen molar-refractivity contribution in [2.45, 2.75) is 46.9 Å². The summed E-state index contributed by atoms with van der Waals surface area (Å²) in [6, 6.07) is 5.38. The zero-order chi connectivity index (χ0) is 29.7. The number of hydrogen-bond donors (Lipinski definition) is 1.